The van der Waals surface area contributed by atoms with E-state index in [9.17, 15) is 4.39 Å². The molecule has 15 heavy (non-hydrogen) atoms. The lowest BCUT2D eigenvalue weighted by molar-refractivity contribution is -0.0997. The molecule has 1 saturated carbocycles. The lowest BCUT2D eigenvalue weighted by Gasteiger charge is -2.56. The van der Waals surface area contributed by atoms with Crippen molar-refractivity contribution in [2.75, 3.05) is 26.7 Å². The molecular weight excluding hydrogens is 191 g/mol. The minimum atomic E-state index is -0.949. The summed E-state index contributed by atoms with van der Waals surface area (Å²) in [4.78, 5) is 2.36. The van der Waals surface area contributed by atoms with Crippen LogP contribution in [0.5, 0.6) is 0 Å². The van der Waals surface area contributed by atoms with E-state index in [1.165, 1.54) is 19.4 Å². The molecule has 1 aliphatic heterocycles. The van der Waals surface area contributed by atoms with Gasteiger partial charge in [0.05, 0.1) is 0 Å². The summed E-state index contributed by atoms with van der Waals surface area (Å²) in [6.07, 6.45) is 3.83. The van der Waals surface area contributed by atoms with Crippen molar-refractivity contribution in [1.29, 1.82) is 0 Å². The molecular formula is C12H23FN2. The molecule has 0 spiro atoms. The second-order valence-electron chi connectivity index (χ2n) is 5.93. The summed E-state index contributed by atoms with van der Waals surface area (Å²) < 4.78 is 13.7. The Kier molecular flexibility index (Phi) is 2.80. The van der Waals surface area contributed by atoms with Gasteiger partial charge in [-0.25, -0.2) is 4.39 Å². The summed E-state index contributed by atoms with van der Waals surface area (Å²) in [7, 11) is 2.16. The number of piperidine rings is 1. The van der Waals surface area contributed by atoms with E-state index in [1.807, 2.05) is 0 Å². The highest BCUT2D eigenvalue weighted by Gasteiger charge is 2.55. The standard InChI is InChI=1S/C12H23FN2/c1-11(13)7-12(8-11,9-14)10-4-3-5-15(2)6-10/h10H,3-9,14H2,1-2H3. The predicted molar refractivity (Wildman–Crippen MR) is 60.5 cm³/mol. The van der Waals surface area contributed by atoms with Crippen LogP contribution < -0.4 is 5.73 Å². The van der Waals surface area contributed by atoms with Crippen molar-refractivity contribution < 1.29 is 4.39 Å². The SMILES string of the molecule is CN1CCCC(C2(CN)CC(C)(F)C2)C1. The average Bonchev–Trinajstić information content (AvgIpc) is 2.13. The first kappa shape index (κ1) is 11.3. The fraction of sp³-hybridized carbons (Fsp3) is 1.00. The second kappa shape index (κ2) is 3.70. The molecule has 1 saturated heterocycles. The fourth-order valence-electron chi connectivity index (χ4n) is 3.68. The van der Waals surface area contributed by atoms with Crippen LogP contribution >= 0.6 is 0 Å². The maximum atomic E-state index is 13.7. The third-order valence-corrected chi connectivity index (χ3v) is 4.34. The highest BCUT2D eigenvalue weighted by atomic mass is 19.1. The Labute approximate surface area is 92.0 Å². The van der Waals surface area contributed by atoms with Crippen molar-refractivity contribution in [3.05, 3.63) is 0 Å². The molecule has 0 aromatic carbocycles. The lowest BCUT2D eigenvalue weighted by atomic mass is 9.53. The van der Waals surface area contributed by atoms with Gasteiger partial charge in [0, 0.05) is 6.54 Å². The van der Waals surface area contributed by atoms with E-state index in [4.69, 9.17) is 5.73 Å². The molecule has 0 aromatic heterocycles. The molecule has 2 rings (SSSR count). The lowest BCUT2D eigenvalue weighted by Crippen LogP contribution is -2.58. The van der Waals surface area contributed by atoms with Crippen LogP contribution in [0.1, 0.15) is 32.6 Å². The van der Waals surface area contributed by atoms with Gasteiger partial charge in [-0.05, 0) is 64.1 Å². The molecule has 88 valence electrons. The third-order valence-electron chi connectivity index (χ3n) is 4.34. The molecule has 0 amide bonds. The minimum absolute atomic E-state index is 0.109. The summed E-state index contributed by atoms with van der Waals surface area (Å²) in [5.41, 5.74) is 5.04. The van der Waals surface area contributed by atoms with Crippen LogP contribution in [0.25, 0.3) is 0 Å². The van der Waals surface area contributed by atoms with Crippen LogP contribution in [0.4, 0.5) is 4.39 Å². The smallest absolute Gasteiger partial charge is 0.109 e. The van der Waals surface area contributed by atoms with E-state index < -0.39 is 5.67 Å². The van der Waals surface area contributed by atoms with Crippen molar-refractivity contribution in [3.8, 4) is 0 Å². The van der Waals surface area contributed by atoms with Gasteiger partial charge in [0.15, 0.2) is 0 Å². The number of rotatable bonds is 2. The molecule has 1 heterocycles. The first-order valence-electron chi connectivity index (χ1n) is 6.05. The summed E-state index contributed by atoms with van der Waals surface area (Å²) in [5.74, 6) is 0.616. The van der Waals surface area contributed by atoms with Crippen molar-refractivity contribution >= 4 is 0 Å². The molecule has 0 bridgehead atoms. The highest BCUT2D eigenvalue weighted by Crippen LogP contribution is 2.56. The first-order valence-corrected chi connectivity index (χ1v) is 6.05. The quantitative estimate of drug-likeness (QED) is 0.759. The van der Waals surface area contributed by atoms with Gasteiger partial charge in [-0.2, -0.15) is 0 Å². The molecule has 0 aromatic rings. The van der Waals surface area contributed by atoms with E-state index in [-0.39, 0.29) is 5.41 Å². The van der Waals surface area contributed by atoms with Crippen LogP contribution in [0.3, 0.4) is 0 Å². The molecule has 1 atom stereocenters. The number of hydrogen-bond donors (Lipinski definition) is 1. The molecule has 3 heteroatoms. The molecule has 1 unspecified atom stereocenters. The fourth-order valence-corrected chi connectivity index (χ4v) is 3.68. The Bertz CT molecular complexity index is 232. The highest BCUT2D eigenvalue weighted by molar-refractivity contribution is 5.06. The van der Waals surface area contributed by atoms with Crippen molar-refractivity contribution in [2.45, 2.75) is 38.3 Å². The molecule has 2 fully saturated rings. The second-order valence-corrected chi connectivity index (χ2v) is 5.93. The summed E-state index contributed by atoms with van der Waals surface area (Å²) >= 11 is 0. The number of alkyl halides is 1. The normalized spacial score (nSPS) is 47.6. The van der Waals surface area contributed by atoms with E-state index >= 15 is 0 Å². The van der Waals surface area contributed by atoms with Gasteiger partial charge in [-0.15, -0.1) is 0 Å². The van der Waals surface area contributed by atoms with Gasteiger partial charge >= 0.3 is 0 Å². The van der Waals surface area contributed by atoms with Gasteiger partial charge < -0.3 is 10.6 Å². The molecule has 1 aliphatic carbocycles. The number of nitrogens with two attached hydrogens (primary N) is 1. The molecule has 2 aliphatic rings. The third kappa shape index (κ3) is 2.04. The van der Waals surface area contributed by atoms with Crippen LogP contribution in [0, 0.1) is 11.3 Å². The molecule has 0 radical (unpaired) electrons. The monoisotopic (exact) mass is 214 g/mol. The Hall–Kier alpha value is -0.150. The zero-order valence-electron chi connectivity index (χ0n) is 9.93. The number of hydrogen-bond acceptors (Lipinski definition) is 2. The summed E-state index contributed by atoms with van der Waals surface area (Å²) in [6.45, 7) is 4.66. The van der Waals surface area contributed by atoms with Crippen molar-refractivity contribution in [3.63, 3.8) is 0 Å². The summed E-state index contributed by atoms with van der Waals surface area (Å²) in [5, 5.41) is 0. The zero-order valence-corrected chi connectivity index (χ0v) is 9.93. The van der Waals surface area contributed by atoms with Gasteiger partial charge in [0.2, 0.25) is 0 Å². The van der Waals surface area contributed by atoms with E-state index in [1.54, 1.807) is 6.92 Å². The van der Waals surface area contributed by atoms with Crippen molar-refractivity contribution in [2.24, 2.45) is 17.1 Å². The minimum Gasteiger partial charge on any atom is -0.330 e. The van der Waals surface area contributed by atoms with E-state index in [0.717, 1.165) is 6.54 Å². The van der Waals surface area contributed by atoms with Gasteiger partial charge in [0.1, 0.15) is 5.67 Å². The maximum absolute atomic E-state index is 13.7. The topological polar surface area (TPSA) is 29.3 Å². The predicted octanol–water partition coefficient (Wildman–Crippen LogP) is 1.80. The van der Waals surface area contributed by atoms with Gasteiger partial charge in [0.25, 0.3) is 0 Å². The Morgan fingerprint density at radius 2 is 2.13 bits per heavy atom. The van der Waals surface area contributed by atoms with Crippen LogP contribution in [0.2, 0.25) is 0 Å². The Morgan fingerprint density at radius 3 is 2.60 bits per heavy atom. The average molecular weight is 214 g/mol. The van der Waals surface area contributed by atoms with Crippen LogP contribution in [0.15, 0.2) is 0 Å². The maximum Gasteiger partial charge on any atom is 0.109 e. The number of halogens is 1. The van der Waals surface area contributed by atoms with Crippen LogP contribution in [-0.4, -0.2) is 37.3 Å². The Balaban J connectivity index is 2.01. The molecule has 2 nitrogen and oxygen atoms in total. The van der Waals surface area contributed by atoms with Crippen molar-refractivity contribution in [1.82, 2.24) is 4.90 Å². The number of likely N-dealkylation sites (tertiary alicyclic amines) is 1. The zero-order chi connectivity index (χ0) is 11.1. The first-order chi connectivity index (χ1) is 6.97. The van der Waals surface area contributed by atoms with Gasteiger partial charge in [-0.1, -0.05) is 0 Å². The largest absolute Gasteiger partial charge is 0.330 e. The molecule has 2 N–H and O–H groups in total. The number of nitrogens with zero attached hydrogens (tertiary/aromatic N) is 1. The van der Waals surface area contributed by atoms with E-state index in [2.05, 4.69) is 11.9 Å². The summed E-state index contributed by atoms with van der Waals surface area (Å²) in [6, 6.07) is 0. The van der Waals surface area contributed by atoms with Crippen LogP contribution in [-0.2, 0) is 0 Å². The Morgan fingerprint density at radius 1 is 1.47 bits per heavy atom. The van der Waals surface area contributed by atoms with E-state index in [0.29, 0.717) is 25.3 Å². The van der Waals surface area contributed by atoms with Gasteiger partial charge in [-0.3, -0.25) is 0 Å².